The van der Waals surface area contributed by atoms with E-state index in [0.717, 1.165) is 15.5 Å². The average molecular weight is 350 g/mol. The molecule has 23 heavy (non-hydrogen) atoms. The lowest BCUT2D eigenvalue weighted by molar-refractivity contribution is -0.117. The average Bonchev–Trinajstić information content (AvgIpc) is 2.85. The number of aryl methyl sites for hydroxylation is 1. The zero-order valence-corrected chi connectivity index (χ0v) is 14.2. The molecule has 1 heterocycles. The number of thioether (sulfide) groups is 1. The molecule has 0 saturated carbocycles. The normalized spacial score (nSPS) is 11.9. The highest BCUT2D eigenvalue weighted by atomic mass is 32.2. The molecular weight excluding hydrogens is 332 g/mol. The van der Waals surface area contributed by atoms with Gasteiger partial charge in [0.15, 0.2) is 5.13 Å². The molecule has 2 amide bonds. The van der Waals surface area contributed by atoms with Crippen molar-refractivity contribution in [2.45, 2.75) is 23.6 Å². The Hall–Kier alpha value is -1.90. The first-order valence-corrected chi connectivity index (χ1v) is 8.75. The highest BCUT2D eigenvalue weighted by molar-refractivity contribution is 8.01. The number of benzene rings is 1. The number of nitrogens with zero attached hydrogens (tertiary/aromatic N) is 1. The fourth-order valence-electron chi connectivity index (χ4n) is 1.87. The number of thiazole rings is 1. The Labute approximate surface area is 142 Å². The first-order chi connectivity index (χ1) is 11.0. The van der Waals surface area contributed by atoms with Gasteiger partial charge in [-0.05, 0) is 18.9 Å². The van der Waals surface area contributed by atoms with E-state index in [4.69, 9.17) is 11.5 Å². The minimum absolute atomic E-state index is 0.184. The van der Waals surface area contributed by atoms with Crippen molar-refractivity contribution in [1.82, 2.24) is 4.98 Å². The van der Waals surface area contributed by atoms with Crippen LogP contribution in [0.5, 0.6) is 0 Å². The van der Waals surface area contributed by atoms with Crippen LogP contribution in [0.4, 0.5) is 5.13 Å². The maximum Gasteiger partial charge on any atom is 0.243 e. The summed E-state index contributed by atoms with van der Waals surface area (Å²) in [5, 5.41) is 3.20. The van der Waals surface area contributed by atoms with Crippen molar-refractivity contribution in [3.63, 3.8) is 0 Å². The summed E-state index contributed by atoms with van der Waals surface area (Å²) in [5.74, 6) is -0.489. The van der Waals surface area contributed by atoms with Gasteiger partial charge in [-0.15, -0.1) is 11.8 Å². The fraction of sp³-hybridized carbons (Fsp3) is 0.267. The van der Waals surface area contributed by atoms with Crippen LogP contribution in [0.2, 0.25) is 0 Å². The number of carbonyl (C=O) groups is 2. The molecule has 2 aromatic rings. The molecule has 1 atom stereocenters. The predicted octanol–water partition coefficient (Wildman–Crippen LogP) is 1.54. The van der Waals surface area contributed by atoms with Crippen LogP contribution >= 0.6 is 23.1 Å². The van der Waals surface area contributed by atoms with Gasteiger partial charge in [-0.2, -0.15) is 0 Å². The van der Waals surface area contributed by atoms with Gasteiger partial charge in [0.2, 0.25) is 11.8 Å². The summed E-state index contributed by atoms with van der Waals surface area (Å²) >= 11 is 2.62. The molecule has 0 aliphatic rings. The quantitative estimate of drug-likeness (QED) is 0.656. The number of primary amides is 1. The Bertz CT molecular complexity index is 688. The van der Waals surface area contributed by atoms with Crippen molar-refractivity contribution in [3.05, 3.63) is 41.6 Å². The Kier molecular flexibility index (Phi) is 6.14. The number of nitrogens with one attached hydrogen (secondary N) is 1. The number of amides is 2. The van der Waals surface area contributed by atoms with Crippen LogP contribution in [0.3, 0.4) is 0 Å². The molecule has 0 fully saturated rings. The summed E-state index contributed by atoms with van der Waals surface area (Å²) in [7, 11) is 0. The zero-order chi connectivity index (χ0) is 16.8. The molecule has 1 unspecified atom stereocenters. The van der Waals surface area contributed by atoms with Crippen LogP contribution < -0.4 is 16.8 Å². The SMILES string of the molecule is Cc1nc(NC(=O)C(N)Cc2ccccc2)sc1SCC(N)=O. The van der Waals surface area contributed by atoms with E-state index in [-0.39, 0.29) is 11.7 Å². The van der Waals surface area contributed by atoms with E-state index in [9.17, 15) is 9.59 Å². The predicted molar refractivity (Wildman–Crippen MR) is 93.5 cm³/mol. The molecule has 0 aliphatic heterocycles. The number of carbonyl (C=O) groups excluding carboxylic acids is 2. The Morgan fingerprint density at radius 1 is 1.35 bits per heavy atom. The van der Waals surface area contributed by atoms with Crippen LogP contribution in [0.1, 0.15) is 11.3 Å². The van der Waals surface area contributed by atoms with Gasteiger partial charge in [0.25, 0.3) is 0 Å². The standard InChI is InChI=1S/C15H18N4O2S2/c1-9-14(22-8-12(17)20)23-15(18-9)19-13(21)11(16)7-10-5-3-2-4-6-10/h2-6,11H,7-8,16H2,1H3,(H2,17,20)(H,18,19,21). The third-order valence-electron chi connectivity index (χ3n) is 2.96. The van der Waals surface area contributed by atoms with Crippen molar-refractivity contribution < 1.29 is 9.59 Å². The fourth-order valence-corrected chi connectivity index (χ4v) is 3.75. The summed E-state index contributed by atoms with van der Waals surface area (Å²) in [5.41, 5.74) is 12.8. The highest BCUT2D eigenvalue weighted by Crippen LogP contribution is 2.31. The van der Waals surface area contributed by atoms with Gasteiger partial charge >= 0.3 is 0 Å². The van der Waals surface area contributed by atoms with E-state index in [2.05, 4.69) is 10.3 Å². The minimum Gasteiger partial charge on any atom is -0.369 e. The lowest BCUT2D eigenvalue weighted by Gasteiger charge is -2.10. The summed E-state index contributed by atoms with van der Waals surface area (Å²) in [6, 6.07) is 8.94. The molecular formula is C15H18N4O2S2. The van der Waals surface area contributed by atoms with Crippen molar-refractivity contribution in [3.8, 4) is 0 Å². The Morgan fingerprint density at radius 2 is 2.04 bits per heavy atom. The monoisotopic (exact) mass is 350 g/mol. The molecule has 0 radical (unpaired) electrons. The second-order valence-corrected chi connectivity index (χ2v) is 7.18. The van der Waals surface area contributed by atoms with Gasteiger partial charge in [-0.1, -0.05) is 41.7 Å². The molecule has 2 rings (SSSR count). The number of aromatic nitrogens is 1. The van der Waals surface area contributed by atoms with Crippen molar-refractivity contribution in [2.24, 2.45) is 11.5 Å². The van der Waals surface area contributed by atoms with E-state index < -0.39 is 11.9 Å². The maximum atomic E-state index is 12.2. The van der Waals surface area contributed by atoms with Gasteiger partial charge in [0.1, 0.15) is 0 Å². The lowest BCUT2D eigenvalue weighted by atomic mass is 10.1. The van der Waals surface area contributed by atoms with E-state index in [1.165, 1.54) is 23.1 Å². The van der Waals surface area contributed by atoms with E-state index in [0.29, 0.717) is 11.6 Å². The Morgan fingerprint density at radius 3 is 2.70 bits per heavy atom. The zero-order valence-electron chi connectivity index (χ0n) is 12.6. The number of nitrogens with two attached hydrogens (primary N) is 2. The van der Waals surface area contributed by atoms with Gasteiger partial charge < -0.3 is 16.8 Å². The molecule has 1 aromatic carbocycles. The number of anilines is 1. The molecule has 8 heteroatoms. The van der Waals surface area contributed by atoms with E-state index >= 15 is 0 Å². The molecule has 6 nitrogen and oxygen atoms in total. The summed E-state index contributed by atoms with van der Waals surface area (Å²) in [6.45, 7) is 1.82. The third kappa shape index (κ3) is 5.34. The number of rotatable bonds is 7. The van der Waals surface area contributed by atoms with Gasteiger partial charge in [0.05, 0.1) is 21.7 Å². The van der Waals surface area contributed by atoms with E-state index in [1.807, 2.05) is 37.3 Å². The number of hydrogen-bond donors (Lipinski definition) is 3. The summed E-state index contributed by atoms with van der Waals surface area (Å²) in [4.78, 5) is 27.3. The van der Waals surface area contributed by atoms with Crippen LogP contribution in [0.25, 0.3) is 0 Å². The molecule has 0 spiro atoms. The number of hydrogen-bond acceptors (Lipinski definition) is 6. The van der Waals surface area contributed by atoms with Crippen molar-refractivity contribution in [1.29, 1.82) is 0 Å². The molecule has 122 valence electrons. The van der Waals surface area contributed by atoms with Crippen LogP contribution in [-0.4, -0.2) is 28.6 Å². The minimum atomic E-state index is -0.650. The summed E-state index contributed by atoms with van der Waals surface area (Å²) in [6.07, 6.45) is 0.459. The molecule has 0 bridgehead atoms. The van der Waals surface area contributed by atoms with Crippen molar-refractivity contribution >= 4 is 40.0 Å². The first kappa shape index (κ1) is 17.5. The van der Waals surface area contributed by atoms with Gasteiger partial charge in [0, 0.05) is 0 Å². The summed E-state index contributed by atoms with van der Waals surface area (Å²) < 4.78 is 0.857. The second-order valence-electron chi connectivity index (χ2n) is 4.93. The van der Waals surface area contributed by atoms with Crippen molar-refractivity contribution in [2.75, 3.05) is 11.1 Å². The largest absolute Gasteiger partial charge is 0.369 e. The topological polar surface area (TPSA) is 111 Å². The van der Waals surface area contributed by atoms with Crippen LogP contribution in [-0.2, 0) is 16.0 Å². The second kappa shape index (κ2) is 8.09. The molecule has 0 saturated heterocycles. The molecule has 0 aliphatic carbocycles. The first-order valence-electron chi connectivity index (χ1n) is 6.94. The van der Waals surface area contributed by atoms with Gasteiger partial charge in [-0.3, -0.25) is 9.59 Å². The maximum absolute atomic E-state index is 12.2. The van der Waals surface area contributed by atoms with E-state index in [1.54, 1.807) is 0 Å². The smallest absolute Gasteiger partial charge is 0.243 e. The lowest BCUT2D eigenvalue weighted by Crippen LogP contribution is -2.37. The van der Waals surface area contributed by atoms with Crippen LogP contribution in [0, 0.1) is 6.92 Å². The van der Waals surface area contributed by atoms with Gasteiger partial charge in [-0.25, -0.2) is 4.98 Å². The Balaban J connectivity index is 1.94. The molecule has 1 aromatic heterocycles. The molecule has 5 N–H and O–H groups in total. The highest BCUT2D eigenvalue weighted by Gasteiger charge is 2.17. The third-order valence-corrected chi connectivity index (χ3v) is 5.42. The van der Waals surface area contributed by atoms with Crippen LogP contribution in [0.15, 0.2) is 34.5 Å².